The Morgan fingerprint density at radius 1 is 1.00 bits per heavy atom. The Bertz CT molecular complexity index is 1020. The summed E-state index contributed by atoms with van der Waals surface area (Å²) in [6.07, 6.45) is 1.54. The summed E-state index contributed by atoms with van der Waals surface area (Å²) in [5.74, 6) is -1.70. The van der Waals surface area contributed by atoms with Crippen molar-refractivity contribution in [3.8, 4) is 11.1 Å². The number of fused-ring (bicyclic) bond motifs is 3. The van der Waals surface area contributed by atoms with E-state index in [1.54, 1.807) is 0 Å². The Hall–Kier alpha value is -3.35. The van der Waals surface area contributed by atoms with Crippen LogP contribution in [0.25, 0.3) is 11.1 Å². The zero-order valence-electron chi connectivity index (χ0n) is 19.6. The summed E-state index contributed by atoms with van der Waals surface area (Å²) in [5, 5.41) is 15.0. The largest absolute Gasteiger partial charge is 0.481 e. The Morgan fingerprint density at radius 2 is 1.62 bits per heavy atom. The number of alkyl carbamates (subject to hydrolysis) is 1. The average molecular weight is 465 g/mol. The summed E-state index contributed by atoms with van der Waals surface area (Å²) in [6, 6.07) is 15.5. The Kier molecular flexibility index (Phi) is 7.20. The van der Waals surface area contributed by atoms with Crippen LogP contribution in [0.3, 0.4) is 0 Å². The summed E-state index contributed by atoms with van der Waals surface area (Å²) < 4.78 is 5.62. The van der Waals surface area contributed by atoms with E-state index in [2.05, 4.69) is 34.9 Å². The normalized spacial score (nSPS) is 19.9. The highest BCUT2D eigenvalue weighted by Gasteiger charge is 2.34. The van der Waals surface area contributed by atoms with Crippen LogP contribution in [-0.2, 0) is 14.3 Å². The third kappa shape index (κ3) is 5.08. The lowest BCUT2D eigenvalue weighted by Crippen LogP contribution is -2.46. The number of hydrogen-bond donors (Lipinski definition) is 3. The molecule has 2 amide bonds. The van der Waals surface area contributed by atoms with Gasteiger partial charge in [-0.05, 0) is 41.0 Å². The second-order valence-electron chi connectivity index (χ2n) is 9.57. The molecule has 34 heavy (non-hydrogen) atoms. The number of carboxylic acid groups (broad SMARTS) is 1. The fraction of sp³-hybridized carbons (Fsp3) is 0.444. The lowest BCUT2D eigenvalue weighted by molar-refractivity contribution is -0.142. The van der Waals surface area contributed by atoms with Gasteiger partial charge in [0.25, 0.3) is 0 Å². The van der Waals surface area contributed by atoms with Gasteiger partial charge in [0.15, 0.2) is 0 Å². The van der Waals surface area contributed by atoms with Gasteiger partial charge in [0.2, 0.25) is 5.91 Å². The third-order valence-corrected chi connectivity index (χ3v) is 7.04. The van der Waals surface area contributed by atoms with Gasteiger partial charge in [0.1, 0.15) is 6.61 Å². The molecular formula is C27H32N2O5. The molecule has 0 spiro atoms. The molecule has 0 bridgehead atoms. The molecule has 1 saturated carbocycles. The molecule has 2 aromatic carbocycles. The van der Waals surface area contributed by atoms with Crippen LogP contribution in [0.4, 0.5) is 4.79 Å². The van der Waals surface area contributed by atoms with Gasteiger partial charge in [0, 0.05) is 24.4 Å². The van der Waals surface area contributed by atoms with E-state index in [-0.39, 0.29) is 36.8 Å². The summed E-state index contributed by atoms with van der Waals surface area (Å²) >= 11 is 0. The molecule has 0 heterocycles. The van der Waals surface area contributed by atoms with Gasteiger partial charge in [-0.25, -0.2) is 4.79 Å². The van der Waals surface area contributed by atoms with Gasteiger partial charge in [0.05, 0.1) is 5.92 Å². The van der Waals surface area contributed by atoms with Gasteiger partial charge in [-0.2, -0.15) is 0 Å². The summed E-state index contributed by atoms with van der Waals surface area (Å²) in [4.78, 5) is 36.7. The third-order valence-electron chi connectivity index (χ3n) is 7.04. The molecule has 1 fully saturated rings. The molecule has 180 valence electrons. The molecule has 2 aliphatic carbocycles. The predicted molar refractivity (Wildman–Crippen MR) is 128 cm³/mol. The first-order valence-electron chi connectivity index (χ1n) is 12.0. The second kappa shape index (κ2) is 10.3. The van der Waals surface area contributed by atoms with Gasteiger partial charge in [-0.15, -0.1) is 0 Å². The Labute approximate surface area is 199 Å². The van der Waals surface area contributed by atoms with Crippen LogP contribution >= 0.6 is 0 Å². The number of carboxylic acids is 1. The van der Waals surface area contributed by atoms with E-state index in [4.69, 9.17) is 4.74 Å². The maximum absolute atomic E-state index is 12.7. The van der Waals surface area contributed by atoms with E-state index < -0.39 is 24.0 Å². The molecule has 0 saturated heterocycles. The van der Waals surface area contributed by atoms with Crippen molar-refractivity contribution in [2.24, 2.45) is 11.8 Å². The fourth-order valence-electron chi connectivity index (χ4n) is 5.14. The maximum Gasteiger partial charge on any atom is 0.407 e. The highest BCUT2D eigenvalue weighted by molar-refractivity contribution is 5.80. The van der Waals surface area contributed by atoms with E-state index in [0.717, 1.165) is 28.7 Å². The molecule has 0 radical (unpaired) electrons. The number of aliphatic carboxylic acids is 1. The minimum absolute atomic E-state index is 0.00470. The van der Waals surface area contributed by atoms with Crippen LogP contribution < -0.4 is 10.6 Å². The standard InChI is InChI=1S/C27H32N2O5/c1-16(2)24(14-25(30)28-23-13-7-12-21(23)26(31)32)29-27(33)34-15-22-19-10-5-3-8-17(19)18-9-4-6-11-20(18)22/h3-6,8-11,16,21-24H,7,12-15H2,1-2H3,(H,28,30)(H,29,33)(H,31,32)/t21-,23+,24-/m0/s1. The number of carbonyl (C=O) groups excluding carboxylic acids is 2. The maximum atomic E-state index is 12.7. The average Bonchev–Trinajstić information content (AvgIpc) is 3.40. The van der Waals surface area contributed by atoms with Crippen LogP contribution in [0.15, 0.2) is 48.5 Å². The highest BCUT2D eigenvalue weighted by atomic mass is 16.5. The minimum Gasteiger partial charge on any atom is -0.481 e. The smallest absolute Gasteiger partial charge is 0.407 e. The molecule has 7 heteroatoms. The fourth-order valence-corrected chi connectivity index (χ4v) is 5.14. The molecule has 4 rings (SSSR count). The number of nitrogens with one attached hydrogen (secondary N) is 2. The van der Waals surface area contributed by atoms with Gasteiger partial charge >= 0.3 is 12.1 Å². The molecule has 7 nitrogen and oxygen atoms in total. The molecule has 0 aromatic heterocycles. The Morgan fingerprint density at radius 3 is 2.21 bits per heavy atom. The van der Waals surface area contributed by atoms with Crippen LogP contribution in [0.2, 0.25) is 0 Å². The molecule has 2 aromatic rings. The van der Waals surface area contributed by atoms with Crippen LogP contribution in [0, 0.1) is 11.8 Å². The van der Waals surface area contributed by atoms with Crippen molar-refractivity contribution in [1.29, 1.82) is 0 Å². The van der Waals surface area contributed by atoms with E-state index in [1.165, 1.54) is 0 Å². The number of hydrogen-bond acceptors (Lipinski definition) is 4. The molecule has 2 aliphatic rings. The van der Waals surface area contributed by atoms with E-state index in [1.807, 2.05) is 38.1 Å². The number of amides is 2. The highest BCUT2D eigenvalue weighted by Crippen LogP contribution is 2.44. The molecular weight excluding hydrogens is 432 g/mol. The molecule has 3 N–H and O–H groups in total. The lowest BCUT2D eigenvalue weighted by atomic mass is 9.98. The van der Waals surface area contributed by atoms with E-state index in [0.29, 0.717) is 12.8 Å². The Balaban J connectivity index is 1.34. The van der Waals surface area contributed by atoms with Crippen molar-refractivity contribution in [2.75, 3.05) is 6.61 Å². The lowest BCUT2D eigenvalue weighted by Gasteiger charge is -2.24. The number of rotatable bonds is 8. The summed E-state index contributed by atoms with van der Waals surface area (Å²) in [7, 11) is 0. The molecule has 0 aliphatic heterocycles. The van der Waals surface area contributed by atoms with Gasteiger partial charge in [-0.3, -0.25) is 9.59 Å². The predicted octanol–water partition coefficient (Wildman–Crippen LogP) is 4.31. The summed E-state index contributed by atoms with van der Waals surface area (Å²) in [5.41, 5.74) is 4.60. The van der Waals surface area contributed by atoms with Crippen molar-refractivity contribution < 1.29 is 24.2 Å². The van der Waals surface area contributed by atoms with Gasteiger partial charge < -0.3 is 20.5 Å². The van der Waals surface area contributed by atoms with Gasteiger partial charge in [-0.1, -0.05) is 68.8 Å². The monoisotopic (exact) mass is 464 g/mol. The second-order valence-corrected chi connectivity index (χ2v) is 9.57. The number of ether oxygens (including phenoxy) is 1. The quantitative estimate of drug-likeness (QED) is 0.540. The van der Waals surface area contributed by atoms with E-state index in [9.17, 15) is 19.5 Å². The molecule has 3 atom stereocenters. The number of benzene rings is 2. The van der Waals surface area contributed by atoms with Crippen LogP contribution in [-0.4, -0.2) is 41.8 Å². The molecule has 0 unspecified atom stereocenters. The summed E-state index contributed by atoms with van der Waals surface area (Å²) in [6.45, 7) is 4.06. The minimum atomic E-state index is -0.875. The van der Waals surface area contributed by atoms with Crippen LogP contribution in [0.5, 0.6) is 0 Å². The van der Waals surface area contributed by atoms with Crippen molar-refractivity contribution in [3.05, 3.63) is 59.7 Å². The van der Waals surface area contributed by atoms with Crippen molar-refractivity contribution in [3.63, 3.8) is 0 Å². The first kappa shape index (κ1) is 23.8. The first-order valence-corrected chi connectivity index (χ1v) is 12.0. The van der Waals surface area contributed by atoms with Crippen molar-refractivity contribution in [1.82, 2.24) is 10.6 Å². The first-order chi connectivity index (χ1) is 16.3. The SMILES string of the molecule is CC(C)[C@H](CC(=O)N[C@@H]1CCC[C@@H]1C(=O)O)NC(=O)OCC1c2ccccc2-c2ccccc21. The number of carbonyl (C=O) groups is 3. The topological polar surface area (TPSA) is 105 Å². The zero-order chi connectivity index (χ0) is 24.2. The zero-order valence-corrected chi connectivity index (χ0v) is 19.6. The van der Waals surface area contributed by atoms with Crippen molar-refractivity contribution in [2.45, 2.75) is 57.5 Å². The van der Waals surface area contributed by atoms with Crippen molar-refractivity contribution >= 4 is 18.0 Å². The van der Waals surface area contributed by atoms with E-state index >= 15 is 0 Å². The van der Waals surface area contributed by atoms with Crippen LogP contribution in [0.1, 0.15) is 56.6 Å².